The zero-order valence-electron chi connectivity index (χ0n) is 16.0. The van der Waals surface area contributed by atoms with Crippen LogP contribution in [0.5, 0.6) is 5.06 Å². The van der Waals surface area contributed by atoms with Crippen LogP contribution in [0.3, 0.4) is 0 Å². The van der Waals surface area contributed by atoms with Gasteiger partial charge in [0.1, 0.15) is 6.61 Å². The van der Waals surface area contributed by atoms with Crippen molar-refractivity contribution < 1.29 is 18.3 Å². The van der Waals surface area contributed by atoms with Crippen LogP contribution in [0.25, 0.3) is 11.3 Å². The molecule has 0 bridgehead atoms. The Balaban J connectivity index is 1.53. The van der Waals surface area contributed by atoms with Crippen LogP contribution in [0, 0.1) is 24.5 Å². The van der Waals surface area contributed by atoms with Gasteiger partial charge in [0.2, 0.25) is 0 Å². The number of carbonyl (C=O) groups is 1. The SMILES string of the molecule is Cc1cnn2c1-c1cc(C(=O)CC(CN)Cc3ccc(F)c(F)c3)sc1OCC2. The van der Waals surface area contributed by atoms with Crippen molar-refractivity contribution in [1.29, 1.82) is 0 Å². The third kappa shape index (κ3) is 3.95. The minimum atomic E-state index is -0.893. The molecule has 5 nitrogen and oxygen atoms in total. The molecule has 1 aliphatic heterocycles. The van der Waals surface area contributed by atoms with Crippen molar-refractivity contribution in [3.8, 4) is 16.3 Å². The summed E-state index contributed by atoms with van der Waals surface area (Å²) in [5.41, 5.74) is 9.37. The summed E-state index contributed by atoms with van der Waals surface area (Å²) in [6.45, 7) is 3.42. The van der Waals surface area contributed by atoms with Crippen molar-refractivity contribution in [3.05, 3.63) is 58.1 Å². The molecule has 1 aromatic carbocycles. The highest BCUT2D eigenvalue weighted by Crippen LogP contribution is 2.41. The lowest BCUT2D eigenvalue weighted by Gasteiger charge is -2.13. The first kappa shape index (κ1) is 19.7. The molecule has 0 saturated heterocycles. The number of hydrogen-bond donors (Lipinski definition) is 1. The molecule has 1 unspecified atom stereocenters. The number of ether oxygens (including phenoxy) is 1. The van der Waals surface area contributed by atoms with E-state index >= 15 is 0 Å². The summed E-state index contributed by atoms with van der Waals surface area (Å²) in [4.78, 5) is 13.5. The van der Waals surface area contributed by atoms with E-state index in [1.54, 1.807) is 0 Å². The number of carbonyl (C=O) groups excluding carboxylic acids is 1. The van der Waals surface area contributed by atoms with Crippen LogP contribution < -0.4 is 10.5 Å². The second-order valence-corrected chi connectivity index (χ2v) is 8.26. The van der Waals surface area contributed by atoms with Crippen LogP contribution in [0.2, 0.25) is 0 Å². The van der Waals surface area contributed by atoms with Crippen molar-refractivity contribution in [2.24, 2.45) is 11.7 Å². The maximum Gasteiger partial charge on any atom is 0.183 e. The molecular formula is C21H21F2N3O2S. The summed E-state index contributed by atoms with van der Waals surface area (Å²) >= 11 is 1.33. The van der Waals surface area contributed by atoms with Crippen molar-refractivity contribution in [1.82, 2.24) is 9.78 Å². The Morgan fingerprint density at radius 3 is 2.93 bits per heavy atom. The maximum atomic E-state index is 13.5. The molecule has 0 spiro atoms. The summed E-state index contributed by atoms with van der Waals surface area (Å²) < 4.78 is 34.3. The predicted octanol–water partition coefficient (Wildman–Crippen LogP) is 3.98. The first-order chi connectivity index (χ1) is 14.0. The fourth-order valence-electron chi connectivity index (χ4n) is 3.61. The number of ketones is 1. The number of hydrogen-bond acceptors (Lipinski definition) is 5. The van der Waals surface area contributed by atoms with Gasteiger partial charge in [0.25, 0.3) is 0 Å². The van der Waals surface area contributed by atoms with Crippen LogP contribution >= 0.6 is 11.3 Å². The van der Waals surface area contributed by atoms with E-state index in [9.17, 15) is 13.6 Å². The topological polar surface area (TPSA) is 70.1 Å². The van der Waals surface area contributed by atoms with Gasteiger partial charge in [-0.05, 0) is 55.1 Å². The lowest BCUT2D eigenvalue weighted by molar-refractivity contribution is 0.0966. The third-order valence-corrected chi connectivity index (χ3v) is 6.19. The van der Waals surface area contributed by atoms with E-state index in [1.807, 2.05) is 23.9 Å². The Kier molecular flexibility index (Phi) is 5.47. The van der Waals surface area contributed by atoms with Gasteiger partial charge in [-0.25, -0.2) is 8.78 Å². The molecule has 0 saturated carbocycles. The molecule has 1 atom stereocenters. The molecule has 0 radical (unpaired) electrons. The molecule has 0 fully saturated rings. The zero-order chi connectivity index (χ0) is 20.5. The summed E-state index contributed by atoms with van der Waals surface area (Å²) in [6, 6.07) is 5.64. The Hall–Kier alpha value is -2.58. The Morgan fingerprint density at radius 1 is 1.34 bits per heavy atom. The molecule has 0 amide bonds. The average Bonchev–Trinajstić information content (AvgIpc) is 3.23. The highest BCUT2D eigenvalue weighted by atomic mass is 32.1. The number of aryl methyl sites for hydroxylation is 1. The van der Waals surface area contributed by atoms with Crippen LogP contribution in [-0.4, -0.2) is 28.7 Å². The van der Waals surface area contributed by atoms with Gasteiger partial charge < -0.3 is 10.5 Å². The average molecular weight is 417 g/mol. The molecule has 2 aromatic heterocycles. The molecule has 29 heavy (non-hydrogen) atoms. The molecule has 152 valence electrons. The van der Waals surface area contributed by atoms with Crippen molar-refractivity contribution in [2.75, 3.05) is 13.2 Å². The summed E-state index contributed by atoms with van der Waals surface area (Å²) in [7, 11) is 0. The normalized spacial score (nSPS) is 13.9. The second-order valence-electron chi connectivity index (χ2n) is 7.24. The smallest absolute Gasteiger partial charge is 0.183 e. The first-order valence-corrected chi connectivity index (χ1v) is 10.2. The van der Waals surface area contributed by atoms with E-state index in [1.165, 1.54) is 17.4 Å². The number of rotatable bonds is 6. The van der Waals surface area contributed by atoms with E-state index in [-0.39, 0.29) is 24.7 Å². The second kappa shape index (κ2) is 8.04. The number of Topliss-reactive ketones (excluding diaryl/α,β-unsaturated/α-hetero) is 1. The van der Waals surface area contributed by atoms with Crippen molar-refractivity contribution in [3.63, 3.8) is 0 Å². The van der Waals surface area contributed by atoms with Crippen LogP contribution in [-0.2, 0) is 13.0 Å². The van der Waals surface area contributed by atoms with E-state index in [0.29, 0.717) is 30.0 Å². The van der Waals surface area contributed by atoms with Gasteiger partial charge in [0.05, 0.1) is 28.9 Å². The molecule has 2 N–H and O–H groups in total. The predicted molar refractivity (Wildman–Crippen MR) is 107 cm³/mol. The van der Waals surface area contributed by atoms with Crippen molar-refractivity contribution in [2.45, 2.75) is 26.3 Å². The Bertz CT molecular complexity index is 1060. The van der Waals surface area contributed by atoms with Gasteiger partial charge in [-0.1, -0.05) is 17.4 Å². The molecule has 3 aromatic rings. The highest BCUT2D eigenvalue weighted by molar-refractivity contribution is 7.16. The van der Waals surface area contributed by atoms with Gasteiger partial charge in [-0.2, -0.15) is 5.10 Å². The largest absolute Gasteiger partial charge is 0.481 e. The van der Waals surface area contributed by atoms with Crippen LogP contribution in [0.15, 0.2) is 30.5 Å². The van der Waals surface area contributed by atoms with E-state index < -0.39 is 11.6 Å². The minimum absolute atomic E-state index is 0.0339. The van der Waals surface area contributed by atoms with Gasteiger partial charge in [0.15, 0.2) is 22.5 Å². The van der Waals surface area contributed by atoms with Gasteiger partial charge in [-0.3, -0.25) is 9.48 Å². The quantitative estimate of drug-likeness (QED) is 0.616. The number of benzene rings is 1. The third-order valence-electron chi connectivity index (χ3n) is 5.10. The lowest BCUT2D eigenvalue weighted by Crippen LogP contribution is -2.20. The van der Waals surface area contributed by atoms with E-state index in [0.717, 1.165) is 34.0 Å². The number of halogens is 2. The fourth-order valence-corrected chi connectivity index (χ4v) is 4.59. The van der Waals surface area contributed by atoms with E-state index in [2.05, 4.69) is 5.10 Å². The number of nitrogens with two attached hydrogens (primary N) is 1. The first-order valence-electron chi connectivity index (χ1n) is 9.43. The molecule has 4 rings (SSSR count). The van der Waals surface area contributed by atoms with Crippen LogP contribution in [0.4, 0.5) is 8.78 Å². The van der Waals surface area contributed by atoms with Gasteiger partial charge >= 0.3 is 0 Å². The van der Waals surface area contributed by atoms with Gasteiger partial charge in [-0.15, -0.1) is 0 Å². The maximum absolute atomic E-state index is 13.5. The van der Waals surface area contributed by atoms with E-state index in [4.69, 9.17) is 10.5 Å². The number of fused-ring (bicyclic) bond motifs is 3. The van der Waals surface area contributed by atoms with Crippen molar-refractivity contribution >= 4 is 17.1 Å². The molecule has 1 aliphatic rings. The fraction of sp³-hybridized carbons (Fsp3) is 0.333. The molecular weight excluding hydrogens is 396 g/mol. The molecule has 3 heterocycles. The van der Waals surface area contributed by atoms with Gasteiger partial charge in [0, 0.05) is 6.42 Å². The summed E-state index contributed by atoms with van der Waals surface area (Å²) in [5, 5.41) is 5.10. The zero-order valence-corrected chi connectivity index (χ0v) is 16.8. The number of aromatic nitrogens is 2. The monoisotopic (exact) mass is 417 g/mol. The number of nitrogens with zero attached hydrogens (tertiary/aromatic N) is 2. The minimum Gasteiger partial charge on any atom is -0.481 e. The molecule has 0 aliphatic carbocycles. The summed E-state index contributed by atoms with van der Waals surface area (Å²) in [5.74, 6) is -1.98. The van der Waals surface area contributed by atoms with Crippen LogP contribution in [0.1, 0.15) is 27.2 Å². The Labute approximate surface area is 171 Å². The standard InChI is InChI=1S/C21H21F2N3O2S/c1-12-11-25-26-4-5-28-21-15(20(12)26)9-19(29-21)18(27)8-14(10-24)6-13-2-3-16(22)17(23)7-13/h2-3,7,9,11,14H,4-6,8,10,24H2,1H3. The Morgan fingerprint density at radius 2 is 2.17 bits per heavy atom. The highest BCUT2D eigenvalue weighted by Gasteiger charge is 2.25. The summed E-state index contributed by atoms with van der Waals surface area (Å²) in [6.07, 6.45) is 2.45. The number of thiophene rings is 1. The lowest BCUT2D eigenvalue weighted by atomic mass is 9.93. The molecule has 8 heteroatoms.